The van der Waals surface area contributed by atoms with Crippen LogP contribution in [0.4, 0.5) is 14.5 Å². The molecule has 2 aromatic carbocycles. The zero-order valence-corrected chi connectivity index (χ0v) is 11.7. The molecule has 0 bridgehead atoms. The van der Waals surface area contributed by atoms with Gasteiger partial charge < -0.3 is 5.32 Å². The van der Waals surface area contributed by atoms with Gasteiger partial charge in [0.05, 0.1) is 5.52 Å². The number of nitrogens with one attached hydrogen (secondary N) is 1. The van der Waals surface area contributed by atoms with Gasteiger partial charge in [-0.05, 0) is 17.9 Å². The van der Waals surface area contributed by atoms with Gasteiger partial charge >= 0.3 is 0 Å². The minimum atomic E-state index is -2.57. The summed E-state index contributed by atoms with van der Waals surface area (Å²) < 4.78 is 26.2. The number of benzene rings is 2. The van der Waals surface area contributed by atoms with Crippen LogP contribution in [0, 0.1) is 0 Å². The first-order valence-corrected chi connectivity index (χ1v) is 7.05. The van der Waals surface area contributed by atoms with Crippen LogP contribution in [0.25, 0.3) is 21.7 Å². The third-order valence-corrected chi connectivity index (χ3v) is 3.51. The van der Waals surface area contributed by atoms with E-state index in [4.69, 9.17) is 0 Å². The highest BCUT2D eigenvalue weighted by Crippen LogP contribution is 2.32. The maximum atomic E-state index is 13.1. The number of fused-ring (bicyclic) bond motifs is 3. The smallest absolute Gasteiger partial charge is 0.280 e. The van der Waals surface area contributed by atoms with Crippen molar-refractivity contribution in [2.75, 3.05) is 11.9 Å². The molecule has 0 saturated heterocycles. The third kappa shape index (κ3) is 2.53. The van der Waals surface area contributed by atoms with E-state index in [-0.39, 0.29) is 5.69 Å². The number of rotatable bonds is 4. The van der Waals surface area contributed by atoms with E-state index in [1.165, 1.54) is 6.07 Å². The number of anilines is 1. The van der Waals surface area contributed by atoms with Crippen LogP contribution in [0.3, 0.4) is 0 Å². The van der Waals surface area contributed by atoms with Crippen molar-refractivity contribution < 1.29 is 8.78 Å². The molecule has 0 spiro atoms. The van der Waals surface area contributed by atoms with E-state index in [0.717, 1.165) is 34.8 Å². The van der Waals surface area contributed by atoms with Gasteiger partial charge in [-0.3, -0.25) is 0 Å². The predicted octanol–water partition coefficient (Wildman–Crippen LogP) is 5.15. The second-order valence-corrected chi connectivity index (χ2v) is 5.01. The first kappa shape index (κ1) is 13.7. The average molecular weight is 286 g/mol. The predicted molar refractivity (Wildman–Crippen MR) is 83.0 cm³/mol. The summed E-state index contributed by atoms with van der Waals surface area (Å²) in [5.41, 5.74) is 1.17. The Morgan fingerprint density at radius 2 is 1.90 bits per heavy atom. The standard InChI is InChI=1S/C17H16F2N2/c1-2-9-20-14-10-15(17(18)19)21-16-12-6-4-3-5-11(12)7-8-13(14)16/h3-8,10,17H,2,9H2,1H3,(H,20,21). The van der Waals surface area contributed by atoms with Crippen molar-refractivity contribution in [2.24, 2.45) is 0 Å². The van der Waals surface area contributed by atoms with Crippen LogP contribution in [0.5, 0.6) is 0 Å². The molecule has 0 aliphatic heterocycles. The molecule has 21 heavy (non-hydrogen) atoms. The van der Waals surface area contributed by atoms with Crippen LogP contribution >= 0.6 is 0 Å². The summed E-state index contributed by atoms with van der Waals surface area (Å²) in [7, 11) is 0. The molecule has 0 amide bonds. The molecule has 4 heteroatoms. The van der Waals surface area contributed by atoms with Gasteiger partial charge in [-0.25, -0.2) is 13.8 Å². The molecule has 1 N–H and O–H groups in total. The van der Waals surface area contributed by atoms with E-state index < -0.39 is 6.43 Å². The van der Waals surface area contributed by atoms with Crippen LogP contribution in [0.2, 0.25) is 0 Å². The topological polar surface area (TPSA) is 24.9 Å². The number of hydrogen-bond donors (Lipinski definition) is 1. The van der Waals surface area contributed by atoms with E-state index in [9.17, 15) is 8.78 Å². The Kier molecular flexibility index (Phi) is 3.69. The quantitative estimate of drug-likeness (QED) is 0.671. The minimum absolute atomic E-state index is 0.183. The Bertz CT molecular complexity index is 784. The zero-order chi connectivity index (χ0) is 14.8. The third-order valence-electron chi connectivity index (χ3n) is 3.51. The fraction of sp³-hybridized carbons (Fsp3) is 0.235. The normalized spacial score (nSPS) is 11.4. The highest BCUT2D eigenvalue weighted by atomic mass is 19.3. The fourth-order valence-corrected chi connectivity index (χ4v) is 2.50. The van der Waals surface area contributed by atoms with Crippen LogP contribution in [0.1, 0.15) is 25.5 Å². The minimum Gasteiger partial charge on any atom is -0.384 e. The van der Waals surface area contributed by atoms with E-state index >= 15 is 0 Å². The summed E-state index contributed by atoms with van der Waals surface area (Å²) in [6, 6.07) is 13.1. The Labute approximate surface area is 121 Å². The lowest BCUT2D eigenvalue weighted by atomic mass is 10.0. The largest absolute Gasteiger partial charge is 0.384 e. The van der Waals surface area contributed by atoms with Gasteiger partial charge in [0.15, 0.2) is 0 Å². The van der Waals surface area contributed by atoms with E-state index in [0.29, 0.717) is 5.52 Å². The summed E-state index contributed by atoms with van der Waals surface area (Å²) in [6.45, 7) is 2.79. The highest BCUT2D eigenvalue weighted by Gasteiger charge is 2.14. The number of hydrogen-bond acceptors (Lipinski definition) is 2. The van der Waals surface area contributed by atoms with E-state index in [2.05, 4.69) is 10.3 Å². The lowest BCUT2D eigenvalue weighted by molar-refractivity contribution is 0.146. The molecule has 3 rings (SSSR count). The number of aromatic nitrogens is 1. The van der Waals surface area contributed by atoms with Crippen molar-refractivity contribution in [3.8, 4) is 0 Å². The number of halogens is 2. The second-order valence-electron chi connectivity index (χ2n) is 5.01. The highest BCUT2D eigenvalue weighted by molar-refractivity contribution is 6.09. The maximum Gasteiger partial charge on any atom is 0.280 e. The molecule has 0 aliphatic rings. The Balaban J connectivity index is 2.31. The molecule has 0 aliphatic carbocycles. The number of pyridine rings is 1. The molecule has 108 valence electrons. The van der Waals surface area contributed by atoms with Gasteiger partial charge in [0.1, 0.15) is 5.69 Å². The summed E-state index contributed by atoms with van der Waals surface area (Å²) in [6.07, 6.45) is -1.64. The number of nitrogens with zero attached hydrogens (tertiary/aromatic N) is 1. The van der Waals surface area contributed by atoms with Crippen LogP contribution in [-0.2, 0) is 0 Å². The van der Waals surface area contributed by atoms with Gasteiger partial charge in [-0.1, -0.05) is 43.3 Å². The molecule has 0 atom stereocenters. The molecule has 1 heterocycles. The SMILES string of the molecule is CCCNc1cc(C(F)F)nc2c1ccc1ccccc12. The summed E-state index contributed by atoms with van der Waals surface area (Å²) in [4.78, 5) is 4.18. The van der Waals surface area contributed by atoms with Gasteiger partial charge in [0.25, 0.3) is 6.43 Å². The molecule has 0 unspecified atom stereocenters. The molecule has 1 aromatic heterocycles. The average Bonchev–Trinajstić information content (AvgIpc) is 2.52. The molecule has 3 aromatic rings. The molecular weight excluding hydrogens is 270 g/mol. The Morgan fingerprint density at radius 1 is 1.10 bits per heavy atom. The van der Waals surface area contributed by atoms with Crippen molar-refractivity contribution in [1.29, 1.82) is 0 Å². The molecule has 0 radical (unpaired) electrons. The first-order chi connectivity index (χ1) is 10.2. The fourth-order valence-electron chi connectivity index (χ4n) is 2.50. The van der Waals surface area contributed by atoms with Crippen molar-refractivity contribution in [3.63, 3.8) is 0 Å². The van der Waals surface area contributed by atoms with Crippen molar-refractivity contribution in [3.05, 3.63) is 48.2 Å². The molecule has 0 fully saturated rings. The first-order valence-electron chi connectivity index (χ1n) is 7.05. The van der Waals surface area contributed by atoms with Crippen LogP contribution < -0.4 is 5.32 Å². The summed E-state index contributed by atoms with van der Waals surface area (Å²) >= 11 is 0. The summed E-state index contributed by atoms with van der Waals surface area (Å²) in [5, 5.41) is 6.01. The molecule has 0 saturated carbocycles. The van der Waals surface area contributed by atoms with Gasteiger partial charge in [-0.2, -0.15) is 0 Å². The van der Waals surface area contributed by atoms with Crippen LogP contribution in [-0.4, -0.2) is 11.5 Å². The number of alkyl halides is 2. The van der Waals surface area contributed by atoms with Crippen molar-refractivity contribution in [1.82, 2.24) is 4.98 Å². The van der Waals surface area contributed by atoms with Crippen LogP contribution in [0.15, 0.2) is 42.5 Å². The lowest BCUT2D eigenvalue weighted by Crippen LogP contribution is -2.03. The Hall–Kier alpha value is -2.23. The van der Waals surface area contributed by atoms with Crippen molar-refractivity contribution in [2.45, 2.75) is 19.8 Å². The van der Waals surface area contributed by atoms with Gasteiger partial charge in [-0.15, -0.1) is 0 Å². The second kappa shape index (κ2) is 5.64. The monoisotopic (exact) mass is 286 g/mol. The lowest BCUT2D eigenvalue weighted by Gasteiger charge is -2.12. The van der Waals surface area contributed by atoms with E-state index in [1.807, 2.05) is 43.3 Å². The molecular formula is C17H16F2N2. The van der Waals surface area contributed by atoms with Crippen molar-refractivity contribution >= 4 is 27.4 Å². The van der Waals surface area contributed by atoms with Gasteiger partial charge in [0.2, 0.25) is 0 Å². The summed E-state index contributed by atoms with van der Waals surface area (Å²) in [5.74, 6) is 0. The van der Waals surface area contributed by atoms with Gasteiger partial charge in [0, 0.05) is 23.0 Å². The molecule has 2 nitrogen and oxygen atoms in total. The van der Waals surface area contributed by atoms with E-state index in [1.54, 1.807) is 0 Å². The maximum absolute atomic E-state index is 13.1. The Morgan fingerprint density at radius 3 is 2.67 bits per heavy atom. The zero-order valence-electron chi connectivity index (χ0n) is 11.7.